The van der Waals surface area contributed by atoms with Crippen molar-refractivity contribution in [2.45, 2.75) is 13.3 Å². The van der Waals surface area contributed by atoms with Gasteiger partial charge in [0.15, 0.2) is 5.13 Å². The molecular weight excluding hydrogens is 206 g/mol. The van der Waals surface area contributed by atoms with Crippen LogP contribution in [0, 0.1) is 0 Å². The first-order valence-corrected chi connectivity index (χ1v) is 5.89. The third-order valence-corrected chi connectivity index (χ3v) is 2.76. The van der Waals surface area contributed by atoms with E-state index in [1.165, 1.54) is 0 Å². The zero-order valence-corrected chi connectivity index (χ0v) is 9.42. The fraction of sp³-hybridized carbons (Fsp3) is 0.273. The Morgan fingerprint density at radius 1 is 1.33 bits per heavy atom. The minimum Gasteiger partial charge on any atom is -0.362 e. The second-order valence-corrected chi connectivity index (χ2v) is 4.04. The van der Waals surface area contributed by atoms with Crippen molar-refractivity contribution in [2.24, 2.45) is 0 Å². The first kappa shape index (κ1) is 10.1. The smallest absolute Gasteiger partial charge is 0.183 e. The van der Waals surface area contributed by atoms with Crippen molar-refractivity contribution in [1.29, 1.82) is 0 Å². The van der Waals surface area contributed by atoms with E-state index in [1.807, 2.05) is 23.6 Å². The average Bonchev–Trinajstić information content (AvgIpc) is 2.76. The third-order valence-electron chi connectivity index (χ3n) is 1.96. The Morgan fingerprint density at radius 2 is 2.27 bits per heavy atom. The van der Waals surface area contributed by atoms with Crippen molar-refractivity contribution in [1.82, 2.24) is 9.97 Å². The molecule has 3 nitrogen and oxygen atoms in total. The van der Waals surface area contributed by atoms with Crippen molar-refractivity contribution >= 4 is 16.5 Å². The average molecular weight is 219 g/mol. The van der Waals surface area contributed by atoms with E-state index in [-0.39, 0.29) is 0 Å². The maximum Gasteiger partial charge on any atom is 0.183 e. The maximum atomic E-state index is 4.46. The summed E-state index contributed by atoms with van der Waals surface area (Å²) in [7, 11) is 0. The molecule has 0 aliphatic heterocycles. The van der Waals surface area contributed by atoms with Crippen LogP contribution in [0.25, 0.3) is 11.4 Å². The zero-order valence-electron chi connectivity index (χ0n) is 8.60. The minimum atomic E-state index is 0.929. The van der Waals surface area contributed by atoms with Crippen LogP contribution in [0.5, 0.6) is 0 Å². The van der Waals surface area contributed by atoms with Crippen LogP contribution in [0.1, 0.15) is 13.3 Å². The number of nitrogens with one attached hydrogen (secondary N) is 1. The number of aromatic nitrogens is 2. The minimum absolute atomic E-state index is 0.929. The van der Waals surface area contributed by atoms with Crippen LogP contribution in [0.2, 0.25) is 0 Å². The largest absolute Gasteiger partial charge is 0.362 e. The van der Waals surface area contributed by atoms with Crippen LogP contribution in [0.3, 0.4) is 0 Å². The van der Waals surface area contributed by atoms with Gasteiger partial charge in [0.2, 0.25) is 0 Å². The van der Waals surface area contributed by atoms with Crippen molar-refractivity contribution in [2.75, 3.05) is 11.9 Å². The van der Waals surface area contributed by atoms with E-state index in [1.54, 1.807) is 17.5 Å². The number of anilines is 1. The van der Waals surface area contributed by atoms with Gasteiger partial charge in [-0.2, -0.15) is 0 Å². The number of thiazole rings is 1. The SMILES string of the molecule is CCCNc1nc(-c2ccccn2)cs1. The van der Waals surface area contributed by atoms with E-state index in [2.05, 4.69) is 22.2 Å². The van der Waals surface area contributed by atoms with Crippen molar-refractivity contribution < 1.29 is 0 Å². The highest BCUT2D eigenvalue weighted by molar-refractivity contribution is 7.14. The normalized spacial score (nSPS) is 10.2. The Hall–Kier alpha value is -1.42. The summed E-state index contributed by atoms with van der Waals surface area (Å²) in [5.41, 5.74) is 1.87. The molecule has 0 unspecified atom stereocenters. The highest BCUT2D eigenvalue weighted by Crippen LogP contribution is 2.22. The van der Waals surface area contributed by atoms with E-state index >= 15 is 0 Å². The van der Waals surface area contributed by atoms with Gasteiger partial charge >= 0.3 is 0 Å². The lowest BCUT2D eigenvalue weighted by Gasteiger charge is -1.97. The zero-order chi connectivity index (χ0) is 10.5. The lowest BCUT2D eigenvalue weighted by Crippen LogP contribution is -1.98. The summed E-state index contributed by atoms with van der Waals surface area (Å²) < 4.78 is 0. The Kier molecular flexibility index (Phi) is 3.29. The molecule has 0 fully saturated rings. The molecule has 0 radical (unpaired) electrons. The number of nitrogens with zero attached hydrogens (tertiary/aromatic N) is 2. The first-order chi connectivity index (χ1) is 7.40. The molecule has 0 amide bonds. The van der Waals surface area contributed by atoms with Gasteiger partial charge in [-0.3, -0.25) is 4.98 Å². The van der Waals surface area contributed by atoms with Gasteiger partial charge in [-0.15, -0.1) is 11.3 Å². The van der Waals surface area contributed by atoms with Gasteiger partial charge in [-0.25, -0.2) is 4.98 Å². The van der Waals surface area contributed by atoms with Crippen LogP contribution in [-0.4, -0.2) is 16.5 Å². The van der Waals surface area contributed by atoms with Crippen LogP contribution >= 0.6 is 11.3 Å². The molecule has 0 atom stereocenters. The van der Waals surface area contributed by atoms with Crippen LogP contribution in [0.4, 0.5) is 5.13 Å². The molecule has 15 heavy (non-hydrogen) atoms. The summed E-state index contributed by atoms with van der Waals surface area (Å²) in [6.45, 7) is 3.11. The predicted octanol–water partition coefficient (Wildman–Crippen LogP) is 3.03. The standard InChI is InChI=1S/C11H13N3S/c1-2-6-13-11-14-10(8-15-11)9-5-3-4-7-12-9/h3-5,7-8H,2,6H2,1H3,(H,13,14). The monoisotopic (exact) mass is 219 g/mol. The lowest BCUT2D eigenvalue weighted by atomic mass is 10.3. The van der Waals surface area contributed by atoms with Gasteiger partial charge in [0.05, 0.1) is 5.69 Å². The van der Waals surface area contributed by atoms with E-state index in [4.69, 9.17) is 0 Å². The highest BCUT2D eigenvalue weighted by Gasteiger charge is 2.03. The van der Waals surface area contributed by atoms with E-state index < -0.39 is 0 Å². The van der Waals surface area contributed by atoms with Gasteiger partial charge in [-0.1, -0.05) is 13.0 Å². The van der Waals surface area contributed by atoms with Gasteiger partial charge < -0.3 is 5.32 Å². The Balaban J connectivity index is 2.14. The molecule has 0 aliphatic rings. The first-order valence-electron chi connectivity index (χ1n) is 5.01. The molecule has 4 heteroatoms. The van der Waals surface area contributed by atoms with E-state index in [0.29, 0.717) is 0 Å². The molecule has 1 N–H and O–H groups in total. The quantitative estimate of drug-likeness (QED) is 0.859. The lowest BCUT2D eigenvalue weighted by molar-refractivity contribution is 0.976. The summed E-state index contributed by atoms with van der Waals surface area (Å²) in [5, 5.41) is 6.26. The Morgan fingerprint density at radius 3 is 3.00 bits per heavy atom. The fourth-order valence-electron chi connectivity index (χ4n) is 1.22. The molecule has 0 saturated heterocycles. The summed E-state index contributed by atoms with van der Waals surface area (Å²) >= 11 is 1.62. The van der Waals surface area contributed by atoms with Crippen molar-refractivity contribution in [3.63, 3.8) is 0 Å². The van der Waals surface area contributed by atoms with Gasteiger partial charge in [0.25, 0.3) is 0 Å². The maximum absolute atomic E-state index is 4.46. The van der Waals surface area contributed by atoms with E-state index in [9.17, 15) is 0 Å². The second-order valence-electron chi connectivity index (χ2n) is 3.18. The summed E-state index contributed by atoms with van der Waals surface area (Å²) in [6.07, 6.45) is 2.90. The van der Waals surface area contributed by atoms with Crippen LogP contribution in [0.15, 0.2) is 29.8 Å². The number of rotatable bonds is 4. The van der Waals surface area contributed by atoms with Gasteiger partial charge in [0, 0.05) is 18.1 Å². The topological polar surface area (TPSA) is 37.8 Å². The highest BCUT2D eigenvalue weighted by atomic mass is 32.1. The molecule has 78 valence electrons. The molecule has 0 aromatic carbocycles. The number of pyridine rings is 1. The molecule has 2 aromatic heterocycles. The molecule has 2 heterocycles. The Bertz CT molecular complexity index is 411. The van der Waals surface area contributed by atoms with Gasteiger partial charge in [0.1, 0.15) is 5.69 Å². The van der Waals surface area contributed by atoms with E-state index in [0.717, 1.165) is 29.5 Å². The van der Waals surface area contributed by atoms with Crippen molar-refractivity contribution in [3.05, 3.63) is 29.8 Å². The second kappa shape index (κ2) is 4.89. The summed E-state index contributed by atoms with van der Waals surface area (Å²) in [5.74, 6) is 0. The van der Waals surface area contributed by atoms with Gasteiger partial charge in [-0.05, 0) is 18.6 Å². The summed E-state index contributed by atoms with van der Waals surface area (Å²) in [4.78, 5) is 8.72. The fourth-order valence-corrected chi connectivity index (χ4v) is 1.95. The predicted molar refractivity (Wildman–Crippen MR) is 64.1 cm³/mol. The van der Waals surface area contributed by atoms with Crippen molar-refractivity contribution in [3.8, 4) is 11.4 Å². The Labute approximate surface area is 93.2 Å². The number of hydrogen-bond donors (Lipinski definition) is 1. The number of hydrogen-bond acceptors (Lipinski definition) is 4. The molecule has 0 aliphatic carbocycles. The molecule has 2 rings (SSSR count). The summed E-state index contributed by atoms with van der Waals surface area (Å²) in [6, 6.07) is 5.85. The van der Waals surface area contributed by atoms with Crippen LogP contribution in [-0.2, 0) is 0 Å². The molecule has 0 spiro atoms. The molecular formula is C11H13N3S. The molecule has 0 saturated carbocycles. The third kappa shape index (κ3) is 2.53. The molecule has 0 bridgehead atoms. The molecule has 2 aromatic rings. The van der Waals surface area contributed by atoms with Crippen LogP contribution < -0.4 is 5.32 Å².